The molecule has 23 heavy (non-hydrogen) atoms. The van der Waals surface area contributed by atoms with Gasteiger partial charge in [0, 0.05) is 16.5 Å². The van der Waals surface area contributed by atoms with Crippen LogP contribution in [0.2, 0.25) is 10.0 Å². The molecule has 1 heterocycles. The van der Waals surface area contributed by atoms with Gasteiger partial charge in [0.2, 0.25) is 0 Å². The Morgan fingerprint density at radius 3 is 2.78 bits per heavy atom. The average molecular weight is 346 g/mol. The number of nitrogens with one attached hydrogen (secondary N) is 1. The lowest BCUT2D eigenvalue weighted by atomic mass is 9.77. The van der Waals surface area contributed by atoms with E-state index in [1.807, 2.05) is 18.2 Å². The molecule has 0 saturated carbocycles. The Morgan fingerprint density at radius 1 is 1.13 bits per heavy atom. The summed E-state index contributed by atoms with van der Waals surface area (Å²) in [6.07, 6.45) is 5.56. The monoisotopic (exact) mass is 345 g/mol. The predicted molar refractivity (Wildman–Crippen MR) is 95.8 cm³/mol. The molecule has 2 aromatic carbocycles. The van der Waals surface area contributed by atoms with Gasteiger partial charge in [-0.05, 0) is 36.1 Å². The molecule has 0 fully saturated rings. The van der Waals surface area contributed by atoms with Gasteiger partial charge < -0.3 is 10.1 Å². The van der Waals surface area contributed by atoms with Crippen LogP contribution in [0, 0.1) is 5.92 Å². The summed E-state index contributed by atoms with van der Waals surface area (Å²) in [5.74, 6) is 1.68. The van der Waals surface area contributed by atoms with E-state index in [0.717, 1.165) is 17.9 Å². The minimum absolute atomic E-state index is 0.164. The van der Waals surface area contributed by atoms with E-state index in [-0.39, 0.29) is 6.04 Å². The molecule has 1 aliphatic carbocycles. The number of halogens is 2. The van der Waals surface area contributed by atoms with E-state index in [4.69, 9.17) is 27.9 Å². The maximum absolute atomic E-state index is 6.46. The number of benzene rings is 2. The van der Waals surface area contributed by atoms with Crippen molar-refractivity contribution < 1.29 is 4.74 Å². The lowest BCUT2D eigenvalue weighted by Gasteiger charge is -2.38. The second-order valence-corrected chi connectivity index (χ2v) is 6.91. The molecule has 0 amide bonds. The standard InChI is InChI=1S/C19H17Cl2NO/c1-23-17-8-3-2-5-14(17)18-13-7-4-6-12(13)15-9-11(20)10-16(21)19(15)22-18/h2-6,8-10,12-13,18,22H,7H2,1H3. The van der Waals surface area contributed by atoms with Crippen LogP contribution in [0.15, 0.2) is 48.6 Å². The van der Waals surface area contributed by atoms with Crippen molar-refractivity contribution in [2.45, 2.75) is 18.4 Å². The molecule has 2 aliphatic rings. The molecule has 118 valence electrons. The quantitative estimate of drug-likeness (QED) is 0.691. The fourth-order valence-corrected chi connectivity index (χ4v) is 4.42. The largest absolute Gasteiger partial charge is 0.496 e. The lowest BCUT2D eigenvalue weighted by molar-refractivity contribution is 0.381. The van der Waals surface area contributed by atoms with Gasteiger partial charge in [0.25, 0.3) is 0 Å². The lowest BCUT2D eigenvalue weighted by Crippen LogP contribution is -2.29. The highest BCUT2D eigenvalue weighted by Gasteiger charge is 2.39. The van der Waals surface area contributed by atoms with Crippen molar-refractivity contribution in [3.8, 4) is 5.75 Å². The van der Waals surface area contributed by atoms with Crippen LogP contribution in [0.4, 0.5) is 5.69 Å². The zero-order valence-electron chi connectivity index (χ0n) is 12.7. The Morgan fingerprint density at radius 2 is 1.96 bits per heavy atom. The van der Waals surface area contributed by atoms with Crippen molar-refractivity contribution in [1.29, 1.82) is 0 Å². The highest BCUT2D eigenvalue weighted by molar-refractivity contribution is 6.36. The van der Waals surface area contributed by atoms with Crippen molar-refractivity contribution in [3.63, 3.8) is 0 Å². The number of hydrogen-bond acceptors (Lipinski definition) is 2. The van der Waals surface area contributed by atoms with Crippen LogP contribution < -0.4 is 10.1 Å². The normalized spacial score (nSPS) is 24.7. The van der Waals surface area contributed by atoms with Crippen LogP contribution >= 0.6 is 23.2 Å². The van der Waals surface area contributed by atoms with Crippen molar-refractivity contribution in [1.82, 2.24) is 0 Å². The number of anilines is 1. The molecule has 2 nitrogen and oxygen atoms in total. The van der Waals surface area contributed by atoms with Gasteiger partial charge >= 0.3 is 0 Å². The van der Waals surface area contributed by atoms with Crippen LogP contribution in [-0.2, 0) is 0 Å². The Kier molecular flexibility index (Phi) is 3.74. The summed E-state index contributed by atoms with van der Waals surface area (Å²) >= 11 is 12.7. The molecule has 1 aliphatic heterocycles. The van der Waals surface area contributed by atoms with Gasteiger partial charge in [-0.1, -0.05) is 53.6 Å². The van der Waals surface area contributed by atoms with Gasteiger partial charge in [-0.2, -0.15) is 0 Å². The molecule has 0 spiro atoms. The molecule has 4 rings (SSSR count). The third kappa shape index (κ3) is 2.41. The zero-order chi connectivity index (χ0) is 16.0. The van der Waals surface area contributed by atoms with Crippen LogP contribution in [0.3, 0.4) is 0 Å². The van der Waals surface area contributed by atoms with E-state index in [2.05, 4.69) is 29.6 Å². The highest BCUT2D eigenvalue weighted by atomic mass is 35.5. The van der Waals surface area contributed by atoms with E-state index in [9.17, 15) is 0 Å². The Labute approximate surface area is 146 Å². The molecule has 1 N–H and O–H groups in total. The van der Waals surface area contributed by atoms with Crippen LogP contribution in [0.5, 0.6) is 5.75 Å². The van der Waals surface area contributed by atoms with Gasteiger partial charge in [-0.3, -0.25) is 0 Å². The molecule has 3 atom stereocenters. The summed E-state index contributed by atoms with van der Waals surface area (Å²) in [6, 6.07) is 12.2. The summed E-state index contributed by atoms with van der Waals surface area (Å²) < 4.78 is 5.57. The van der Waals surface area contributed by atoms with Gasteiger partial charge in [-0.15, -0.1) is 0 Å². The Hall–Kier alpha value is -1.64. The average Bonchev–Trinajstić information content (AvgIpc) is 3.04. The minimum Gasteiger partial charge on any atom is -0.496 e. The molecule has 0 saturated heterocycles. The number of hydrogen-bond donors (Lipinski definition) is 1. The molecule has 0 aromatic heterocycles. The second-order valence-electron chi connectivity index (χ2n) is 6.07. The molecular weight excluding hydrogens is 329 g/mol. The first-order chi connectivity index (χ1) is 11.2. The summed E-state index contributed by atoms with van der Waals surface area (Å²) in [4.78, 5) is 0. The van der Waals surface area contributed by atoms with E-state index in [1.54, 1.807) is 13.2 Å². The van der Waals surface area contributed by atoms with Crippen molar-refractivity contribution in [2.24, 2.45) is 5.92 Å². The first-order valence-corrected chi connectivity index (χ1v) is 8.49. The first kappa shape index (κ1) is 14.9. The molecule has 0 radical (unpaired) electrons. The first-order valence-electron chi connectivity index (χ1n) is 7.74. The maximum atomic E-state index is 6.46. The topological polar surface area (TPSA) is 21.3 Å². The molecule has 3 unspecified atom stereocenters. The van der Waals surface area contributed by atoms with Crippen LogP contribution in [0.25, 0.3) is 0 Å². The third-order valence-corrected chi connectivity index (χ3v) is 5.38. The highest BCUT2D eigenvalue weighted by Crippen LogP contribution is 2.53. The molecule has 0 bridgehead atoms. The van der Waals surface area contributed by atoms with Crippen molar-refractivity contribution in [3.05, 3.63) is 69.7 Å². The van der Waals surface area contributed by atoms with Crippen LogP contribution in [-0.4, -0.2) is 7.11 Å². The fourth-order valence-electron chi connectivity index (χ4n) is 3.85. The minimum atomic E-state index is 0.164. The number of allylic oxidation sites excluding steroid dienone is 2. The van der Waals surface area contributed by atoms with Gasteiger partial charge in [0.1, 0.15) is 5.75 Å². The summed E-state index contributed by atoms with van der Waals surface area (Å²) in [5, 5.41) is 5.00. The van der Waals surface area contributed by atoms with Crippen molar-refractivity contribution >= 4 is 28.9 Å². The molecular formula is C19H17Cl2NO. The van der Waals surface area contributed by atoms with E-state index >= 15 is 0 Å². The predicted octanol–water partition coefficient (Wildman–Crippen LogP) is 5.83. The Balaban J connectivity index is 1.85. The SMILES string of the molecule is COc1ccccc1C1Nc2c(Cl)cc(Cl)cc2C2C=CCC21. The number of para-hydroxylation sites is 1. The summed E-state index contributed by atoms with van der Waals surface area (Å²) in [5.41, 5.74) is 3.34. The third-order valence-electron chi connectivity index (χ3n) is 4.86. The van der Waals surface area contributed by atoms with Crippen LogP contribution in [0.1, 0.15) is 29.5 Å². The number of methoxy groups -OCH3 is 1. The van der Waals surface area contributed by atoms with Crippen molar-refractivity contribution in [2.75, 3.05) is 12.4 Å². The van der Waals surface area contributed by atoms with E-state index in [0.29, 0.717) is 21.9 Å². The van der Waals surface area contributed by atoms with E-state index in [1.165, 1.54) is 11.1 Å². The van der Waals surface area contributed by atoms with Gasteiger partial charge in [0.15, 0.2) is 0 Å². The number of ether oxygens (including phenoxy) is 1. The maximum Gasteiger partial charge on any atom is 0.124 e. The molecule has 4 heteroatoms. The smallest absolute Gasteiger partial charge is 0.124 e. The summed E-state index contributed by atoms with van der Waals surface area (Å²) in [6.45, 7) is 0. The Bertz CT molecular complexity index is 787. The zero-order valence-corrected chi connectivity index (χ0v) is 14.2. The van der Waals surface area contributed by atoms with E-state index < -0.39 is 0 Å². The van der Waals surface area contributed by atoms with Gasteiger partial charge in [0.05, 0.1) is 23.9 Å². The van der Waals surface area contributed by atoms with Gasteiger partial charge in [-0.25, -0.2) is 0 Å². The second kappa shape index (κ2) is 5.77. The summed E-state index contributed by atoms with van der Waals surface area (Å²) in [7, 11) is 1.72. The fraction of sp³-hybridized carbons (Fsp3) is 0.263. The number of fused-ring (bicyclic) bond motifs is 3. The number of rotatable bonds is 2. The molecule has 2 aromatic rings.